The summed E-state index contributed by atoms with van der Waals surface area (Å²) in [5.74, 6) is 0. The van der Waals surface area contributed by atoms with Gasteiger partial charge in [-0.15, -0.1) is 0 Å². The number of sulfonamides is 1. The van der Waals surface area contributed by atoms with Crippen molar-refractivity contribution in [2.75, 3.05) is 7.05 Å². The first-order valence-corrected chi connectivity index (χ1v) is 5.46. The minimum atomic E-state index is -3.30. The minimum Gasteiger partial charge on any atom is -1.00 e. The number of rotatable bonds is 2. The van der Waals surface area contributed by atoms with Crippen molar-refractivity contribution in [2.45, 2.75) is 18.7 Å². The molecule has 14 heavy (non-hydrogen) atoms. The fourth-order valence-electron chi connectivity index (χ4n) is 1.11. The maximum atomic E-state index is 11.5. The van der Waals surface area contributed by atoms with Gasteiger partial charge < -0.3 is 1.43 Å². The number of nitrogens with one attached hydrogen (secondary N) is 1. The molecule has 0 radical (unpaired) electrons. The van der Waals surface area contributed by atoms with E-state index in [1.807, 2.05) is 13.0 Å². The van der Waals surface area contributed by atoms with Crippen LogP contribution < -0.4 is 34.3 Å². The molecule has 0 unspecified atom stereocenters. The summed E-state index contributed by atoms with van der Waals surface area (Å²) < 4.78 is 25.2. The second-order valence-corrected chi connectivity index (χ2v) is 4.83. The number of aryl methyl sites for hydroxylation is 2. The van der Waals surface area contributed by atoms with Crippen molar-refractivity contribution in [3.63, 3.8) is 0 Å². The Balaban J connectivity index is 0. The summed E-state index contributed by atoms with van der Waals surface area (Å²) in [6.45, 7) is 3.65. The first-order valence-electron chi connectivity index (χ1n) is 3.98. The molecule has 0 spiro atoms. The molecule has 1 N–H and O–H groups in total. The maximum absolute atomic E-state index is 11.5. The Morgan fingerprint density at radius 2 is 1.86 bits per heavy atom. The Labute approximate surface area is 109 Å². The summed E-state index contributed by atoms with van der Waals surface area (Å²) in [6, 6.07) is 5.37. The summed E-state index contributed by atoms with van der Waals surface area (Å²) >= 11 is 0. The maximum Gasteiger partial charge on any atom is 1.00 e. The van der Waals surface area contributed by atoms with Crippen LogP contribution in [0.5, 0.6) is 0 Å². The van der Waals surface area contributed by atoms with E-state index in [0.29, 0.717) is 4.90 Å². The Hall–Kier alpha value is 0.130. The number of hydrogen-bond acceptors (Lipinski definition) is 2. The van der Waals surface area contributed by atoms with E-state index in [4.69, 9.17) is 0 Å². The molecule has 0 bridgehead atoms. The van der Waals surface area contributed by atoms with E-state index in [9.17, 15) is 8.42 Å². The van der Waals surface area contributed by atoms with Crippen molar-refractivity contribution in [3.05, 3.63) is 29.3 Å². The van der Waals surface area contributed by atoms with Crippen molar-refractivity contribution in [1.82, 2.24) is 4.72 Å². The van der Waals surface area contributed by atoms with Crippen LogP contribution in [0.4, 0.5) is 0 Å². The van der Waals surface area contributed by atoms with Gasteiger partial charge in [0.05, 0.1) is 4.90 Å². The Morgan fingerprint density at radius 3 is 2.36 bits per heavy atom. The molecule has 5 heteroatoms. The number of benzene rings is 1. The van der Waals surface area contributed by atoms with Crippen molar-refractivity contribution >= 4 is 10.0 Å². The standard InChI is InChI=1S/C9H13NO2S.Na.H/c1-7-4-5-8(2)9(6-7)13(11,12)10-3;;/h4-6,10H,1-3H3;;/q;+1;-1. The van der Waals surface area contributed by atoms with Gasteiger partial charge in [-0.25, -0.2) is 13.1 Å². The summed E-state index contributed by atoms with van der Waals surface area (Å²) in [4.78, 5) is 0.356. The molecule has 1 aromatic carbocycles. The third-order valence-corrected chi connectivity index (χ3v) is 3.46. The molecule has 0 aromatic heterocycles. The van der Waals surface area contributed by atoms with Gasteiger partial charge in [-0.2, -0.15) is 0 Å². The third kappa shape index (κ3) is 3.07. The Bertz CT molecular complexity index is 420. The van der Waals surface area contributed by atoms with Crippen LogP contribution in [-0.2, 0) is 10.0 Å². The van der Waals surface area contributed by atoms with Crippen LogP contribution in [0.2, 0.25) is 0 Å². The van der Waals surface area contributed by atoms with E-state index in [1.54, 1.807) is 19.1 Å². The van der Waals surface area contributed by atoms with Crippen LogP contribution in [0.25, 0.3) is 0 Å². The molecule has 0 heterocycles. The third-order valence-electron chi connectivity index (χ3n) is 1.90. The van der Waals surface area contributed by atoms with E-state index >= 15 is 0 Å². The zero-order chi connectivity index (χ0) is 10.1. The second kappa shape index (κ2) is 5.28. The molecule has 0 aliphatic heterocycles. The average Bonchev–Trinajstić information content (AvgIpc) is 2.09. The van der Waals surface area contributed by atoms with Gasteiger partial charge in [-0.3, -0.25) is 0 Å². The fourth-order valence-corrected chi connectivity index (χ4v) is 2.16. The summed E-state index contributed by atoms with van der Waals surface area (Å²) in [5.41, 5.74) is 1.71. The summed E-state index contributed by atoms with van der Waals surface area (Å²) in [7, 11) is -1.89. The molecule has 3 nitrogen and oxygen atoms in total. The van der Waals surface area contributed by atoms with Crippen molar-refractivity contribution < 1.29 is 39.4 Å². The van der Waals surface area contributed by atoms with E-state index in [2.05, 4.69) is 4.72 Å². The SMILES string of the molecule is CNS(=O)(=O)c1cc(C)ccc1C.[H-].[Na+]. The minimum absolute atomic E-state index is 0. The van der Waals surface area contributed by atoms with Crippen LogP contribution in [0.1, 0.15) is 12.6 Å². The van der Waals surface area contributed by atoms with Gasteiger partial charge in [0.1, 0.15) is 0 Å². The molecule has 0 atom stereocenters. The molecule has 1 rings (SSSR count). The molecule has 0 amide bonds. The van der Waals surface area contributed by atoms with Crippen molar-refractivity contribution in [1.29, 1.82) is 0 Å². The number of hydrogen-bond donors (Lipinski definition) is 1. The van der Waals surface area contributed by atoms with Crippen molar-refractivity contribution in [2.24, 2.45) is 0 Å². The van der Waals surface area contributed by atoms with Crippen molar-refractivity contribution in [3.8, 4) is 0 Å². The molecular weight excluding hydrogens is 209 g/mol. The van der Waals surface area contributed by atoms with Gasteiger partial charge in [0.2, 0.25) is 10.0 Å². The fraction of sp³-hybridized carbons (Fsp3) is 0.333. The quantitative estimate of drug-likeness (QED) is 0.609. The largest absolute Gasteiger partial charge is 1.00 e. The van der Waals surface area contributed by atoms with E-state index in [0.717, 1.165) is 11.1 Å². The molecule has 0 aliphatic carbocycles. The summed E-state index contributed by atoms with van der Waals surface area (Å²) in [5, 5.41) is 0. The molecule has 1 aromatic rings. The van der Waals surface area contributed by atoms with Gasteiger partial charge in [0, 0.05) is 0 Å². The van der Waals surface area contributed by atoms with Crippen LogP contribution in [0.15, 0.2) is 23.1 Å². The normalized spacial score (nSPS) is 10.8. The molecular formula is C9H14NNaO2S. The van der Waals surface area contributed by atoms with Gasteiger partial charge in [-0.05, 0) is 38.1 Å². The van der Waals surface area contributed by atoms with Gasteiger partial charge in [-0.1, -0.05) is 12.1 Å². The first kappa shape index (κ1) is 14.1. The van der Waals surface area contributed by atoms with Gasteiger partial charge in [0.25, 0.3) is 0 Å². The second-order valence-electron chi connectivity index (χ2n) is 2.98. The molecule has 0 saturated heterocycles. The molecule has 0 fully saturated rings. The van der Waals surface area contributed by atoms with Crippen LogP contribution in [-0.4, -0.2) is 15.5 Å². The van der Waals surface area contributed by atoms with E-state index in [-0.39, 0.29) is 31.0 Å². The zero-order valence-corrected chi connectivity index (χ0v) is 11.8. The van der Waals surface area contributed by atoms with Crippen LogP contribution in [0, 0.1) is 13.8 Å². The Kier molecular flexibility index (Phi) is 5.33. The predicted octanol–water partition coefficient (Wildman–Crippen LogP) is -1.67. The Morgan fingerprint density at radius 1 is 1.29 bits per heavy atom. The first-order chi connectivity index (χ1) is 5.97. The van der Waals surface area contributed by atoms with Crippen LogP contribution in [0.3, 0.4) is 0 Å². The van der Waals surface area contributed by atoms with Gasteiger partial charge >= 0.3 is 29.6 Å². The molecule has 0 aliphatic rings. The average molecular weight is 223 g/mol. The van der Waals surface area contributed by atoms with E-state index in [1.165, 1.54) is 7.05 Å². The van der Waals surface area contributed by atoms with Gasteiger partial charge in [0.15, 0.2) is 0 Å². The zero-order valence-electron chi connectivity index (χ0n) is 9.96. The predicted molar refractivity (Wildman–Crippen MR) is 53.3 cm³/mol. The summed E-state index contributed by atoms with van der Waals surface area (Å²) in [6.07, 6.45) is 0. The monoisotopic (exact) mass is 223 g/mol. The topological polar surface area (TPSA) is 46.2 Å². The van der Waals surface area contributed by atoms with E-state index < -0.39 is 10.0 Å². The van der Waals surface area contributed by atoms with Crippen LogP contribution >= 0.6 is 0 Å². The molecule has 74 valence electrons. The molecule has 0 saturated carbocycles. The smallest absolute Gasteiger partial charge is 1.00 e.